The molecule has 2 aliphatic carbocycles. The summed E-state index contributed by atoms with van der Waals surface area (Å²) in [5, 5.41) is 0. The van der Waals surface area contributed by atoms with Gasteiger partial charge in [0.1, 0.15) is 6.17 Å². The number of fused-ring (bicyclic) bond motifs is 3. The third-order valence-electron chi connectivity index (χ3n) is 10.9. The molecule has 0 spiro atoms. The highest BCUT2D eigenvalue weighted by Gasteiger charge is 2.65. The molecule has 2 heteroatoms. The molecule has 0 aromatic heterocycles. The van der Waals surface area contributed by atoms with E-state index in [4.69, 9.17) is 0 Å². The standard InChI is InChI=1S/C36H44N2/c1-26-16-12-14-24-32(26)37-27(2)34-36(29-19-8-4-9-20-29,30-21-10-5-11-22-30)31-23-13-15-25-33(31)38(34)35(37)28-17-6-3-7-18-28/h3,6-7,12-18,23-25,27,29-30,34-35H,4-5,8-11,19-22H2,1-2H3/t27-,34?,35?/m0/s1. The molecule has 0 N–H and O–H groups in total. The molecule has 0 amide bonds. The first-order valence-corrected chi connectivity index (χ1v) is 15.5. The van der Waals surface area contributed by atoms with Crippen molar-refractivity contribution < 1.29 is 0 Å². The second-order valence-electron chi connectivity index (χ2n) is 12.7. The van der Waals surface area contributed by atoms with Crippen LogP contribution in [0.5, 0.6) is 0 Å². The summed E-state index contributed by atoms with van der Waals surface area (Å²) in [6.07, 6.45) is 14.3. The van der Waals surface area contributed by atoms with Gasteiger partial charge in [0.25, 0.3) is 0 Å². The Morgan fingerprint density at radius 2 is 1.16 bits per heavy atom. The van der Waals surface area contributed by atoms with E-state index in [2.05, 4.69) is 103 Å². The Labute approximate surface area is 230 Å². The Morgan fingerprint density at radius 1 is 0.605 bits per heavy atom. The molecule has 0 radical (unpaired) electrons. The average Bonchev–Trinajstić information content (AvgIpc) is 3.45. The van der Waals surface area contributed by atoms with Crippen molar-refractivity contribution in [2.75, 3.05) is 9.80 Å². The number of anilines is 2. The molecule has 7 rings (SSSR count). The maximum absolute atomic E-state index is 2.92. The van der Waals surface area contributed by atoms with Crippen molar-refractivity contribution in [3.8, 4) is 0 Å². The van der Waals surface area contributed by atoms with Crippen molar-refractivity contribution in [1.29, 1.82) is 0 Å². The van der Waals surface area contributed by atoms with Crippen LogP contribution in [0.2, 0.25) is 0 Å². The highest BCUT2D eigenvalue weighted by molar-refractivity contribution is 5.73. The third kappa shape index (κ3) is 3.51. The van der Waals surface area contributed by atoms with Crippen LogP contribution in [0.3, 0.4) is 0 Å². The topological polar surface area (TPSA) is 6.48 Å². The molecule has 2 unspecified atom stereocenters. The minimum atomic E-state index is 0.215. The minimum Gasteiger partial charge on any atom is -0.342 e. The zero-order valence-electron chi connectivity index (χ0n) is 23.4. The summed E-state index contributed by atoms with van der Waals surface area (Å²) >= 11 is 0. The van der Waals surface area contributed by atoms with Crippen LogP contribution in [0.25, 0.3) is 0 Å². The number of hydrogen-bond acceptors (Lipinski definition) is 2. The van der Waals surface area contributed by atoms with Crippen LogP contribution in [0, 0.1) is 18.8 Å². The molecule has 1 saturated heterocycles. The maximum atomic E-state index is 2.92. The summed E-state index contributed by atoms with van der Waals surface area (Å²) < 4.78 is 0. The number of benzene rings is 3. The summed E-state index contributed by atoms with van der Waals surface area (Å²) in [7, 11) is 0. The molecule has 3 atom stereocenters. The van der Waals surface area contributed by atoms with Gasteiger partial charge in [0, 0.05) is 22.8 Å². The van der Waals surface area contributed by atoms with Crippen molar-refractivity contribution >= 4 is 11.4 Å². The van der Waals surface area contributed by atoms with Gasteiger partial charge >= 0.3 is 0 Å². The molecule has 2 heterocycles. The maximum Gasteiger partial charge on any atom is 0.129 e. The number of rotatable bonds is 4. The number of hydrogen-bond donors (Lipinski definition) is 0. The van der Waals surface area contributed by atoms with Crippen molar-refractivity contribution in [3.05, 3.63) is 95.6 Å². The van der Waals surface area contributed by atoms with Gasteiger partial charge in [-0.05, 0) is 80.2 Å². The van der Waals surface area contributed by atoms with Crippen molar-refractivity contribution in [2.45, 2.75) is 102 Å². The first-order valence-electron chi connectivity index (χ1n) is 15.5. The highest BCUT2D eigenvalue weighted by Crippen LogP contribution is 2.65. The van der Waals surface area contributed by atoms with Gasteiger partial charge in [0.2, 0.25) is 0 Å². The zero-order chi connectivity index (χ0) is 25.7. The summed E-state index contributed by atoms with van der Waals surface area (Å²) in [6.45, 7) is 4.87. The van der Waals surface area contributed by atoms with E-state index in [1.807, 2.05) is 0 Å². The van der Waals surface area contributed by atoms with Crippen LogP contribution in [-0.4, -0.2) is 12.1 Å². The average molecular weight is 505 g/mol. The molecule has 2 nitrogen and oxygen atoms in total. The Bertz CT molecular complexity index is 1240. The van der Waals surface area contributed by atoms with Crippen molar-refractivity contribution in [1.82, 2.24) is 0 Å². The zero-order valence-corrected chi connectivity index (χ0v) is 23.4. The van der Waals surface area contributed by atoms with E-state index in [1.54, 1.807) is 5.56 Å². The van der Waals surface area contributed by atoms with Crippen LogP contribution in [0.4, 0.5) is 11.4 Å². The van der Waals surface area contributed by atoms with E-state index in [0.29, 0.717) is 12.1 Å². The lowest BCUT2D eigenvalue weighted by Gasteiger charge is -2.52. The largest absolute Gasteiger partial charge is 0.342 e. The van der Waals surface area contributed by atoms with E-state index < -0.39 is 0 Å². The molecule has 3 fully saturated rings. The molecule has 0 bridgehead atoms. The van der Waals surface area contributed by atoms with Crippen LogP contribution in [-0.2, 0) is 5.41 Å². The molecular weight excluding hydrogens is 460 g/mol. The SMILES string of the molecule is Cc1ccccc1N1C(c2ccccc2)N2c3ccccc3C(C3CCCCC3)(C3CCCCC3)C2[C@@H]1C. The molecule has 2 aliphatic heterocycles. The first-order chi connectivity index (χ1) is 18.7. The van der Waals surface area contributed by atoms with E-state index in [1.165, 1.54) is 86.7 Å². The summed E-state index contributed by atoms with van der Waals surface area (Å²) in [5.74, 6) is 1.57. The van der Waals surface area contributed by atoms with Gasteiger partial charge in [-0.15, -0.1) is 0 Å². The molecule has 38 heavy (non-hydrogen) atoms. The summed E-state index contributed by atoms with van der Waals surface area (Å²) in [6, 6.07) is 31.1. The van der Waals surface area contributed by atoms with Gasteiger partial charge in [-0.1, -0.05) is 105 Å². The second-order valence-corrected chi connectivity index (χ2v) is 12.7. The Morgan fingerprint density at radius 3 is 1.79 bits per heavy atom. The van der Waals surface area contributed by atoms with E-state index in [9.17, 15) is 0 Å². The molecule has 4 aliphatic rings. The van der Waals surface area contributed by atoms with Gasteiger partial charge in [0.05, 0.1) is 6.04 Å². The van der Waals surface area contributed by atoms with Crippen LogP contribution < -0.4 is 9.80 Å². The normalized spacial score (nSPS) is 27.4. The molecule has 198 valence electrons. The first kappa shape index (κ1) is 24.3. The van der Waals surface area contributed by atoms with Gasteiger partial charge < -0.3 is 9.80 Å². The number of aryl methyl sites for hydroxylation is 1. The van der Waals surface area contributed by atoms with Crippen LogP contribution in [0.15, 0.2) is 78.9 Å². The second kappa shape index (κ2) is 9.78. The number of nitrogens with zero attached hydrogens (tertiary/aromatic N) is 2. The smallest absolute Gasteiger partial charge is 0.129 e. The predicted molar refractivity (Wildman–Crippen MR) is 160 cm³/mol. The Kier molecular flexibility index (Phi) is 6.26. The molecular formula is C36H44N2. The van der Waals surface area contributed by atoms with Gasteiger partial charge in [-0.2, -0.15) is 0 Å². The van der Waals surface area contributed by atoms with Crippen molar-refractivity contribution in [2.24, 2.45) is 11.8 Å². The van der Waals surface area contributed by atoms with Crippen LogP contribution in [0.1, 0.15) is 94.0 Å². The monoisotopic (exact) mass is 504 g/mol. The van der Waals surface area contributed by atoms with Gasteiger partial charge in [0.15, 0.2) is 0 Å². The predicted octanol–water partition coefficient (Wildman–Crippen LogP) is 9.19. The van der Waals surface area contributed by atoms with Gasteiger partial charge in [-0.3, -0.25) is 0 Å². The van der Waals surface area contributed by atoms with E-state index >= 15 is 0 Å². The van der Waals surface area contributed by atoms with E-state index in [-0.39, 0.29) is 11.6 Å². The number of para-hydroxylation sites is 2. The fourth-order valence-corrected chi connectivity index (χ4v) is 9.60. The third-order valence-corrected chi connectivity index (χ3v) is 10.9. The Hall–Kier alpha value is -2.74. The van der Waals surface area contributed by atoms with Crippen LogP contribution >= 0.6 is 0 Å². The lowest BCUT2D eigenvalue weighted by molar-refractivity contribution is 0.0794. The molecule has 3 aromatic rings. The minimum absolute atomic E-state index is 0.215. The highest BCUT2D eigenvalue weighted by atomic mass is 15.5. The fraction of sp³-hybridized carbons (Fsp3) is 0.500. The summed E-state index contributed by atoms with van der Waals surface area (Å²) in [5.41, 5.74) is 7.66. The fourth-order valence-electron chi connectivity index (χ4n) is 9.60. The summed E-state index contributed by atoms with van der Waals surface area (Å²) in [4.78, 5) is 5.73. The van der Waals surface area contributed by atoms with Crippen molar-refractivity contribution in [3.63, 3.8) is 0 Å². The lowest BCUT2D eigenvalue weighted by Crippen LogP contribution is -2.57. The quantitative estimate of drug-likeness (QED) is 0.349. The molecule has 3 aromatic carbocycles. The Balaban J connectivity index is 1.49. The van der Waals surface area contributed by atoms with E-state index in [0.717, 1.165) is 11.8 Å². The van der Waals surface area contributed by atoms with Gasteiger partial charge in [-0.25, -0.2) is 0 Å². The molecule has 2 saturated carbocycles. The lowest BCUT2D eigenvalue weighted by atomic mass is 9.53.